The second kappa shape index (κ2) is 7.71. The summed E-state index contributed by atoms with van der Waals surface area (Å²) >= 11 is 0. The van der Waals surface area contributed by atoms with Gasteiger partial charge in [0.1, 0.15) is 11.5 Å². The molecule has 1 saturated heterocycles. The average molecular weight is 340 g/mol. The van der Waals surface area contributed by atoms with Crippen LogP contribution >= 0.6 is 0 Å². The third-order valence-corrected chi connectivity index (χ3v) is 3.89. The standard InChI is InChI=1S/C17H20N6O2/c18-15-6-5-14(17(19)20-15)22-21-13-4-2-1-3-12(13)11-16(24)23-7-9-25-10-8-23/h1-6H,7-11H2,(H4,18,19,20)/b22-21+. The highest BCUT2D eigenvalue weighted by molar-refractivity contribution is 5.80. The summed E-state index contributed by atoms with van der Waals surface area (Å²) in [6.45, 7) is 2.40. The van der Waals surface area contributed by atoms with Crippen LogP contribution in [0, 0.1) is 0 Å². The number of hydrogen-bond donors (Lipinski definition) is 2. The zero-order chi connectivity index (χ0) is 17.6. The molecule has 0 atom stereocenters. The lowest BCUT2D eigenvalue weighted by Gasteiger charge is -2.27. The summed E-state index contributed by atoms with van der Waals surface area (Å²) in [4.78, 5) is 18.2. The average Bonchev–Trinajstić information content (AvgIpc) is 2.63. The number of nitrogen functional groups attached to an aromatic ring is 2. The second-order valence-electron chi connectivity index (χ2n) is 5.64. The van der Waals surface area contributed by atoms with E-state index in [1.54, 1.807) is 17.0 Å². The maximum Gasteiger partial charge on any atom is 0.227 e. The van der Waals surface area contributed by atoms with Gasteiger partial charge in [-0.05, 0) is 23.8 Å². The summed E-state index contributed by atoms with van der Waals surface area (Å²) in [7, 11) is 0. The predicted octanol–water partition coefficient (Wildman–Crippen LogP) is 2.06. The molecule has 130 valence electrons. The maximum absolute atomic E-state index is 12.4. The Labute approximate surface area is 145 Å². The highest BCUT2D eigenvalue weighted by Crippen LogP contribution is 2.26. The number of nitrogens with two attached hydrogens (primary N) is 2. The summed E-state index contributed by atoms with van der Waals surface area (Å²) in [5.41, 5.74) is 13.2. The Balaban J connectivity index is 1.76. The summed E-state index contributed by atoms with van der Waals surface area (Å²) < 4.78 is 5.28. The van der Waals surface area contributed by atoms with Crippen LogP contribution < -0.4 is 11.5 Å². The smallest absolute Gasteiger partial charge is 0.227 e. The Morgan fingerprint density at radius 2 is 1.80 bits per heavy atom. The number of amides is 1. The van der Waals surface area contributed by atoms with Crippen molar-refractivity contribution in [2.75, 3.05) is 37.8 Å². The molecule has 8 nitrogen and oxygen atoms in total. The van der Waals surface area contributed by atoms with E-state index in [9.17, 15) is 4.79 Å². The number of carbonyl (C=O) groups excluding carboxylic acids is 1. The van der Waals surface area contributed by atoms with Crippen molar-refractivity contribution in [1.82, 2.24) is 9.88 Å². The number of azo groups is 1. The molecule has 0 bridgehead atoms. The highest BCUT2D eigenvalue weighted by atomic mass is 16.5. The van der Waals surface area contributed by atoms with E-state index in [0.29, 0.717) is 43.5 Å². The molecule has 1 aliphatic rings. The molecule has 1 aliphatic heterocycles. The molecule has 4 N–H and O–H groups in total. The lowest BCUT2D eigenvalue weighted by molar-refractivity contribution is -0.134. The van der Waals surface area contributed by atoms with E-state index in [1.807, 2.05) is 24.3 Å². The fourth-order valence-corrected chi connectivity index (χ4v) is 2.52. The molecule has 3 rings (SSSR count). The van der Waals surface area contributed by atoms with Gasteiger partial charge < -0.3 is 21.1 Å². The molecule has 0 spiro atoms. The Bertz CT molecular complexity index is 786. The van der Waals surface area contributed by atoms with E-state index in [-0.39, 0.29) is 18.1 Å². The van der Waals surface area contributed by atoms with Crippen molar-refractivity contribution in [3.63, 3.8) is 0 Å². The maximum atomic E-state index is 12.4. The molecule has 0 aliphatic carbocycles. The first-order valence-corrected chi connectivity index (χ1v) is 8.00. The number of carbonyl (C=O) groups is 1. The Morgan fingerprint density at radius 1 is 1.08 bits per heavy atom. The highest BCUT2D eigenvalue weighted by Gasteiger charge is 2.18. The van der Waals surface area contributed by atoms with Crippen molar-refractivity contribution in [3.8, 4) is 0 Å². The molecule has 2 heterocycles. The topological polar surface area (TPSA) is 119 Å². The fourth-order valence-electron chi connectivity index (χ4n) is 2.52. The van der Waals surface area contributed by atoms with Crippen LogP contribution in [0.4, 0.5) is 23.0 Å². The number of morpholine rings is 1. The number of pyridine rings is 1. The summed E-state index contributed by atoms with van der Waals surface area (Å²) in [6.07, 6.45) is 0.269. The van der Waals surface area contributed by atoms with Gasteiger partial charge in [-0.1, -0.05) is 18.2 Å². The summed E-state index contributed by atoms with van der Waals surface area (Å²) in [6, 6.07) is 10.7. The Hall–Kier alpha value is -3.00. The Kier molecular flexibility index (Phi) is 5.20. The molecule has 1 aromatic heterocycles. The van der Waals surface area contributed by atoms with Crippen LogP contribution in [-0.2, 0) is 16.0 Å². The van der Waals surface area contributed by atoms with Crippen molar-refractivity contribution in [2.45, 2.75) is 6.42 Å². The zero-order valence-corrected chi connectivity index (χ0v) is 13.8. The molecule has 0 unspecified atom stereocenters. The third-order valence-electron chi connectivity index (χ3n) is 3.89. The van der Waals surface area contributed by atoms with Crippen LogP contribution in [0.5, 0.6) is 0 Å². The van der Waals surface area contributed by atoms with Crippen molar-refractivity contribution < 1.29 is 9.53 Å². The molecular weight excluding hydrogens is 320 g/mol. The first-order chi connectivity index (χ1) is 12.1. The van der Waals surface area contributed by atoms with Crippen LogP contribution in [0.3, 0.4) is 0 Å². The van der Waals surface area contributed by atoms with Gasteiger partial charge in [0.25, 0.3) is 0 Å². The number of hydrogen-bond acceptors (Lipinski definition) is 7. The summed E-state index contributed by atoms with van der Waals surface area (Å²) in [5.74, 6) is 0.596. The predicted molar refractivity (Wildman–Crippen MR) is 94.8 cm³/mol. The normalized spacial score (nSPS) is 14.8. The number of ether oxygens (including phenoxy) is 1. The van der Waals surface area contributed by atoms with E-state index in [0.717, 1.165) is 5.56 Å². The van der Waals surface area contributed by atoms with Crippen molar-refractivity contribution in [2.24, 2.45) is 10.2 Å². The van der Waals surface area contributed by atoms with E-state index in [2.05, 4.69) is 15.2 Å². The minimum absolute atomic E-state index is 0.0552. The lowest BCUT2D eigenvalue weighted by atomic mass is 10.1. The number of anilines is 2. The minimum Gasteiger partial charge on any atom is -0.384 e. The van der Waals surface area contributed by atoms with Crippen LogP contribution in [0.1, 0.15) is 5.56 Å². The second-order valence-corrected chi connectivity index (χ2v) is 5.64. The quantitative estimate of drug-likeness (QED) is 0.826. The summed E-state index contributed by atoms with van der Waals surface area (Å²) in [5, 5.41) is 8.37. The molecule has 1 aromatic carbocycles. The first-order valence-electron chi connectivity index (χ1n) is 8.00. The molecular formula is C17H20N6O2. The van der Waals surface area contributed by atoms with Gasteiger partial charge in [-0.25, -0.2) is 4.98 Å². The van der Waals surface area contributed by atoms with Crippen molar-refractivity contribution in [1.29, 1.82) is 0 Å². The molecule has 1 fully saturated rings. The van der Waals surface area contributed by atoms with Gasteiger partial charge in [-0.15, -0.1) is 5.11 Å². The SMILES string of the molecule is Nc1ccc(/N=N/c2ccccc2CC(=O)N2CCOCC2)c(N)n1. The fraction of sp³-hybridized carbons (Fsp3) is 0.294. The largest absolute Gasteiger partial charge is 0.384 e. The molecule has 0 saturated carbocycles. The molecule has 8 heteroatoms. The van der Waals surface area contributed by atoms with Crippen LogP contribution in [-0.4, -0.2) is 42.1 Å². The number of nitrogens with zero attached hydrogens (tertiary/aromatic N) is 4. The van der Waals surface area contributed by atoms with Gasteiger partial charge in [-0.3, -0.25) is 4.79 Å². The van der Waals surface area contributed by atoms with Gasteiger partial charge in [0.05, 0.1) is 25.3 Å². The van der Waals surface area contributed by atoms with Gasteiger partial charge in [0.2, 0.25) is 5.91 Å². The number of rotatable bonds is 4. The van der Waals surface area contributed by atoms with E-state index in [4.69, 9.17) is 16.2 Å². The van der Waals surface area contributed by atoms with E-state index >= 15 is 0 Å². The Morgan fingerprint density at radius 3 is 2.56 bits per heavy atom. The van der Waals surface area contributed by atoms with Gasteiger partial charge in [-0.2, -0.15) is 5.11 Å². The molecule has 0 radical (unpaired) electrons. The number of benzene rings is 1. The van der Waals surface area contributed by atoms with Crippen LogP contribution in [0.25, 0.3) is 0 Å². The number of aromatic nitrogens is 1. The first kappa shape index (κ1) is 16.8. The van der Waals surface area contributed by atoms with Crippen LogP contribution in [0.15, 0.2) is 46.6 Å². The molecule has 1 amide bonds. The monoisotopic (exact) mass is 340 g/mol. The van der Waals surface area contributed by atoms with Crippen molar-refractivity contribution >= 4 is 28.9 Å². The van der Waals surface area contributed by atoms with Crippen LogP contribution in [0.2, 0.25) is 0 Å². The van der Waals surface area contributed by atoms with E-state index in [1.165, 1.54) is 0 Å². The third kappa shape index (κ3) is 4.30. The molecule has 25 heavy (non-hydrogen) atoms. The van der Waals surface area contributed by atoms with E-state index < -0.39 is 0 Å². The molecule has 2 aromatic rings. The lowest BCUT2D eigenvalue weighted by Crippen LogP contribution is -2.41. The minimum atomic E-state index is 0.0552. The van der Waals surface area contributed by atoms with Gasteiger partial charge in [0.15, 0.2) is 5.82 Å². The van der Waals surface area contributed by atoms with Gasteiger partial charge in [0, 0.05) is 13.1 Å². The van der Waals surface area contributed by atoms with Crippen molar-refractivity contribution in [3.05, 3.63) is 42.0 Å². The zero-order valence-electron chi connectivity index (χ0n) is 13.8. The van der Waals surface area contributed by atoms with Gasteiger partial charge >= 0.3 is 0 Å².